The van der Waals surface area contributed by atoms with Gasteiger partial charge in [-0.05, 0) is 92.4 Å². The fraction of sp³-hybridized carbons (Fsp3) is 0.366. The molecule has 2 aliphatic heterocycles. The van der Waals surface area contributed by atoms with Crippen LogP contribution in [0.1, 0.15) is 68.4 Å². The Kier molecular flexibility index (Phi) is 12.3. The van der Waals surface area contributed by atoms with Crippen LogP contribution < -0.4 is 15.5 Å². The van der Waals surface area contributed by atoms with Crippen LogP contribution >= 0.6 is 0 Å². The van der Waals surface area contributed by atoms with Gasteiger partial charge < -0.3 is 25.2 Å². The minimum atomic E-state index is -4.49. The van der Waals surface area contributed by atoms with Crippen molar-refractivity contribution >= 4 is 29.1 Å². The Balaban J connectivity index is 1.22. The van der Waals surface area contributed by atoms with Crippen molar-refractivity contribution in [1.82, 2.24) is 20.1 Å². The summed E-state index contributed by atoms with van der Waals surface area (Å²) in [6.07, 6.45) is 0.234. The number of pyridine rings is 1. The molecular weight excluding hydrogens is 697 g/mol. The van der Waals surface area contributed by atoms with Crippen molar-refractivity contribution in [3.8, 4) is 11.3 Å². The molecule has 3 amide bonds. The first-order valence-electron chi connectivity index (χ1n) is 18.2. The Labute approximate surface area is 313 Å². The number of hydrogen-bond donors (Lipinski definition) is 2. The Morgan fingerprint density at radius 1 is 0.889 bits per heavy atom. The number of carbonyl (C=O) groups excluding carboxylic acids is 3. The molecule has 4 aromatic rings. The predicted octanol–water partition coefficient (Wildman–Crippen LogP) is 6.73. The number of rotatable bonds is 11. The number of alkyl halides is 3. The normalized spacial score (nSPS) is 16.5. The summed E-state index contributed by atoms with van der Waals surface area (Å²) < 4.78 is 45.1. The number of ether oxygens (including phenoxy) is 1. The van der Waals surface area contributed by atoms with Gasteiger partial charge in [0.05, 0.1) is 30.2 Å². The molecule has 10 nitrogen and oxygen atoms in total. The van der Waals surface area contributed by atoms with Crippen molar-refractivity contribution in [3.05, 3.63) is 113 Å². The van der Waals surface area contributed by atoms with Gasteiger partial charge >= 0.3 is 6.18 Å². The zero-order valence-corrected chi connectivity index (χ0v) is 30.5. The summed E-state index contributed by atoms with van der Waals surface area (Å²) in [5.41, 5.74) is 2.89. The van der Waals surface area contributed by atoms with Crippen molar-refractivity contribution in [2.24, 2.45) is 0 Å². The highest BCUT2D eigenvalue weighted by Gasteiger charge is 2.30. The van der Waals surface area contributed by atoms with Gasteiger partial charge in [-0.25, -0.2) is 0 Å². The van der Waals surface area contributed by atoms with E-state index in [2.05, 4.69) is 32.3 Å². The smallest absolute Gasteiger partial charge is 0.379 e. The third-order valence-corrected chi connectivity index (χ3v) is 9.97. The topological polar surface area (TPSA) is 107 Å². The first kappa shape index (κ1) is 38.5. The summed E-state index contributed by atoms with van der Waals surface area (Å²) in [6, 6.07) is 20.6. The summed E-state index contributed by atoms with van der Waals surface area (Å²) in [6.45, 7) is 7.23. The molecule has 2 fully saturated rings. The number of aromatic nitrogens is 1. The van der Waals surface area contributed by atoms with E-state index in [1.165, 1.54) is 24.4 Å². The van der Waals surface area contributed by atoms with Crippen LogP contribution in [0, 0.1) is 0 Å². The number of hydrogen-bond acceptors (Lipinski definition) is 7. The first-order chi connectivity index (χ1) is 26.0. The molecule has 2 aliphatic rings. The molecule has 1 aromatic heterocycles. The molecule has 3 heterocycles. The van der Waals surface area contributed by atoms with Gasteiger partial charge in [0, 0.05) is 86.5 Å². The second-order valence-electron chi connectivity index (χ2n) is 13.8. The fourth-order valence-corrected chi connectivity index (χ4v) is 6.80. The van der Waals surface area contributed by atoms with E-state index in [9.17, 15) is 27.6 Å². The molecule has 13 heteroatoms. The minimum absolute atomic E-state index is 0.102. The van der Waals surface area contributed by atoms with Gasteiger partial charge in [0.2, 0.25) is 0 Å². The van der Waals surface area contributed by atoms with Crippen molar-refractivity contribution in [2.45, 2.75) is 44.9 Å². The molecule has 6 rings (SSSR count). The number of benzene rings is 3. The highest BCUT2D eigenvalue weighted by Crippen LogP contribution is 2.35. The van der Waals surface area contributed by atoms with Crippen molar-refractivity contribution in [3.63, 3.8) is 0 Å². The molecule has 0 spiro atoms. The molecule has 1 atom stereocenters. The van der Waals surface area contributed by atoms with Crippen molar-refractivity contribution < 1.29 is 32.3 Å². The number of amides is 3. The number of morpholine rings is 1. The lowest BCUT2D eigenvalue weighted by Crippen LogP contribution is -2.41. The quantitative estimate of drug-likeness (QED) is 0.176. The lowest BCUT2D eigenvalue weighted by atomic mass is 10.00. The standard InChI is InChI=1S/C41H45F3N6O4/c1-28-7-3-4-16-50(28)34-12-13-36(47-39(52)30-9-6-10-32(24-30)40(53)48(2)17-18-49-19-21-54-22-20-49)35(26-34)37-25-31(14-15-45-37)38(51)46-27-29-8-5-11-33(23-29)41(42,43)44/h5-6,8-15,23-26,28H,3-4,7,16-22,27H2,1-2H3,(H,46,51)(H,47,52)/t28-/m0/s1. The SMILES string of the molecule is C[C@H]1CCCCN1c1ccc(NC(=O)c2cccc(C(=O)N(C)CCN3CCOCC3)c2)c(-c2cc(C(=O)NCc3cccc(C(F)(F)F)c3)ccn2)c1. The molecule has 0 bridgehead atoms. The van der Waals surface area contributed by atoms with E-state index in [0.717, 1.165) is 63.3 Å². The van der Waals surface area contributed by atoms with Gasteiger partial charge in [-0.15, -0.1) is 0 Å². The average Bonchev–Trinajstić information content (AvgIpc) is 3.19. The van der Waals surface area contributed by atoms with Crippen LogP contribution in [0.3, 0.4) is 0 Å². The summed E-state index contributed by atoms with van der Waals surface area (Å²) in [5.74, 6) is -1.10. The van der Waals surface area contributed by atoms with Gasteiger partial charge in [-0.1, -0.05) is 18.2 Å². The van der Waals surface area contributed by atoms with Crippen LogP contribution in [-0.2, 0) is 17.5 Å². The Morgan fingerprint density at radius 2 is 1.65 bits per heavy atom. The van der Waals surface area contributed by atoms with Gasteiger partial charge in [0.25, 0.3) is 17.7 Å². The van der Waals surface area contributed by atoms with Gasteiger partial charge in [-0.3, -0.25) is 24.3 Å². The maximum absolute atomic E-state index is 13.8. The van der Waals surface area contributed by atoms with E-state index < -0.39 is 23.6 Å². The molecule has 54 heavy (non-hydrogen) atoms. The van der Waals surface area contributed by atoms with Crippen molar-refractivity contribution in [2.75, 3.05) is 63.2 Å². The molecule has 2 N–H and O–H groups in total. The molecule has 0 aliphatic carbocycles. The predicted molar refractivity (Wildman–Crippen MR) is 202 cm³/mol. The van der Waals surface area contributed by atoms with Crippen molar-refractivity contribution in [1.29, 1.82) is 0 Å². The van der Waals surface area contributed by atoms with Gasteiger partial charge in [-0.2, -0.15) is 13.2 Å². The number of anilines is 2. The van der Waals surface area contributed by atoms with Crippen LogP contribution in [0.5, 0.6) is 0 Å². The van der Waals surface area contributed by atoms with Crippen LogP contribution in [0.25, 0.3) is 11.3 Å². The molecule has 0 unspecified atom stereocenters. The highest BCUT2D eigenvalue weighted by molar-refractivity contribution is 6.08. The zero-order valence-electron chi connectivity index (χ0n) is 30.5. The van der Waals surface area contributed by atoms with E-state index in [4.69, 9.17) is 4.74 Å². The molecule has 0 radical (unpaired) electrons. The second kappa shape index (κ2) is 17.3. The molecule has 3 aromatic carbocycles. The van der Waals surface area contributed by atoms with Crippen LogP contribution in [0.2, 0.25) is 0 Å². The Hall–Kier alpha value is -5.27. The Morgan fingerprint density at radius 3 is 2.43 bits per heavy atom. The summed E-state index contributed by atoms with van der Waals surface area (Å²) in [7, 11) is 1.75. The van der Waals surface area contributed by atoms with Gasteiger partial charge in [0.1, 0.15) is 0 Å². The van der Waals surface area contributed by atoms with E-state index in [0.29, 0.717) is 59.4 Å². The number of halogens is 3. The minimum Gasteiger partial charge on any atom is -0.379 e. The number of carbonyl (C=O) groups is 3. The van der Waals surface area contributed by atoms with E-state index in [1.807, 2.05) is 18.2 Å². The second-order valence-corrected chi connectivity index (χ2v) is 13.8. The first-order valence-corrected chi connectivity index (χ1v) is 18.2. The van der Waals surface area contributed by atoms with Gasteiger partial charge in [0.15, 0.2) is 0 Å². The average molecular weight is 743 g/mol. The fourth-order valence-electron chi connectivity index (χ4n) is 6.80. The number of piperidine rings is 1. The molecular formula is C41H45F3N6O4. The summed E-state index contributed by atoms with van der Waals surface area (Å²) in [4.78, 5) is 51.2. The summed E-state index contributed by atoms with van der Waals surface area (Å²) in [5, 5.41) is 5.72. The lowest BCUT2D eigenvalue weighted by molar-refractivity contribution is -0.137. The van der Waals surface area contributed by atoms with Crippen LogP contribution in [0.4, 0.5) is 24.5 Å². The zero-order chi connectivity index (χ0) is 38.2. The van der Waals surface area contributed by atoms with Crippen LogP contribution in [0.15, 0.2) is 85.1 Å². The lowest BCUT2D eigenvalue weighted by Gasteiger charge is -2.35. The highest BCUT2D eigenvalue weighted by atomic mass is 19.4. The van der Waals surface area contributed by atoms with E-state index >= 15 is 0 Å². The Bertz CT molecular complexity index is 1970. The third kappa shape index (κ3) is 9.63. The molecule has 284 valence electrons. The largest absolute Gasteiger partial charge is 0.416 e. The number of nitrogens with zero attached hydrogens (tertiary/aromatic N) is 4. The molecule has 2 saturated heterocycles. The number of likely N-dealkylation sites (N-methyl/N-ethyl adjacent to an activating group) is 1. The van der Waals surface area contributed by atoms with E-state index in [-0.39, 0.29) is 18.0 Å². The maximum Gasteiger partial charge on any atom is 0.416 e. The summed E-state index contributed by atoms with van der Waals surface area (Å²) >= 11 is 0. The monoisotopic (exact) mass is 742 g/mol. The maximum atomic E-state index is 13.8. The molecule has 0 saturated carbocycles. The van der Waals surface area contributed by atoms with Crippen LogP contribution in [-0.4, -0.2) is 91.5 Å². The number of nitrogens with one attached hydrogen (secondary N) is 2. The van der Waals surface area contributed by atoms with E-state index in [1.54, 1.807) is 42.3 Å². The third-order valence-electron chi connectivity index (χ3n) is 9.97.